The third-order valence-corrected chi connectivity index (χ3v) is 2.02. The second-order valence-corrected chi connectivity index (χ2v) is 3.25. The number of aryl methyl sites for hydroxylation is 1. The van der Waals surface area contributed by atoms with Crippen LogP contribution in [-0.4, -0.2) is 12.4 Å². The molecule has 0 fully saturated rings. The van der Waals surface area contributed by atoms with E-state index in [1.165, 1.54) is 19.2 Å². The quantitative estimate of drug-likeness (QED) is 0.723. The molecular formula is C10H10ClFO2. The topological polar surface area (TPSA) is 26.3 Å². The van der Waals surface area contributed by atoms with Crippen LogP contribution in [0.2, 0.25) is 0 Å². The summed E-state index contributed by atoms with van der Waals surface area (Å²) in [4.78, 5) is 10.5. The molecule has 1 rings (SSSR count). The van der Waals surface area contributed by atoms with Gasteiger partial charge < -0.3 is 4.74 Å². The standard InChI is InChI=1S/C10H10ClFO2/c1-14-9-4-2-7(6-8(9)12)3-5-10(11)13/h2,4,6H,3,5H2,1H3. The van der Waals surface area contributed by atoms with Crippen molar-refractivity contribution in [3.05, 3.63) is 29.6 Å². The van der Waals surface area contributed by atoms with E-state index in [9.17, 15) is 9.18 Å². The minimum atomic E-state index is -0.424. The maximum atomic E-state index is 13.1. The molecule has 0 atom stereocenters. The van der Waals surface area contributed by atoms with E-state index in [0.29, 0.717) is 6.42 Å². The van der Waals surface area contributed by atoms with Gasteiger partial charge in [-0.25, -0.2) is 4.39 Å². The average Bonchev–Trinajstić information content (AvgIpc) is 2.15. The van der Waals surface area contributed by atoms with Crippen LogP contribution in [0.5, 0.6) is 5.75 Å². The lowest BCUT2D eigenvalue weighted by atomic mass is 10.1. The Labute approximate surface area is 86.6 Å². The first-order valence-corrected chi connectivity index (χ1v) is 4.52. The van der Waals surface area contributed by atoms with Gasteiger partial charge in [0.1, 0.15) is 0 Å². The van der Waals surface area contributed by atoms with Gasteiger partial charge in [-0.3, -0.25) is 4.79 Å². The van der Waals surface area contributed by atoms with Crippen molar-refractivity contribution >= 4 is 16.8 Å². The van der Waals surface area contributed by atoms with Crippen LogP contribution >= 0.6 is 11.6 Å². The van der Waals surface area contributed by atoms with E-state index in [1.807, 2.05) is 0 Å². The van der Waals surface area contributed by atoms with Gasteiger partial charge >= 0.3 is 0 Å². The van der Waals surface area contributed by atoms with Gasteiger partial charge in [0.15, 0.2) is 11.6 Å². The molecule has 0 saturated heterocycles. The van der Waals surface area contributed by atoms with E-state index < -0.39 is 11.1 Å². The van der Waals surface area contributed by atoms with Crippen molar-refractivity contribution < 1.29 is 13.9 Å². The van der Waals surface area contributed by atoms with E-state index in [1.54, 1.807) is 6.07 Å². The first kappa shape index (κ1) is 11.0. The Morgan fingerprint density at radius 1 is 1.57 bits per heavy atom. The number of hydrogen-bond donors (Lipinski definition) is 0. The third-order valence-electron chi connectivity index (χ3n) is 1.83. The number of rotatable bonds is 4. The molecule has 0 aliphatic rings. The summed E-state index contributed by atoms with van der Waals surface area (Å²) in [5, 5.41) is -0.416. The zero-order valence-electron chi connectivity index (χ0n) is 7.72. The number of methoxy groups -OCH3 is 1. The minimum Gasteiger partial charge on any atom is -0.494 e. The van der Waals surface area contributed by atoms with Gasteiger partial charge in [-0.1, -0.05) is 6.07 Å². The van der Waals surface area contributed by atoms with Gasteiger partial charge in [-0.05, 0) is 35.7 Å². The molecule has 0 radical (unpaired) electrons. The smallest absolute Gasteiger partial charge is 0.221 e. The lowest BCUT2D eigenvalue weighted by Crippen LogP contribution is -1.94. The second kappa shape index (κ2) is 4.96. The SMILES string of the molecule is COc1ccc(CCC(=O)Cl)cc1F. The van der Waals surface area contributed by atoms with Crippen molar-refractivity contribution in [2.75, 3.05) is 7.11 Å². The highest BCUT2D eigenvalue weighted by atomic mass is 35.5. The fourth-order valence-corrected chi connectivity index (χ4v) is 1.20. The zero-order chi connectivity index (χ0) is 10.6. The zero-order valence-corrected chi connectivity index (χ0v) is 8.47. The second-order valence-electron chi connectivity index (χ2n) is 2.82. The van der Waals surface area contributed by atoms with Crippen LogP contribution in [0, 0.1) is 5.82 Å². The predicted octanol–water partition coefficient (Wildman–Crippen LogP) is 2.53. The van der Waals surface area contributed by atoms with Gasteiger partial charge in [0, 0.05) is 6.42 Å². The first-order chi connectivity index (χ1) is 6.63. The first-order valence-electron chi connectivity index (χ1n) is 4.14. The molecule has 0 unspecified atom stereocenters. The van der Waals surface area contributed by atoms with Crippen molar-refractivity contribution in [1.82, 2.24) is 0 Å². The van der Waals surface area contributed by atoms with Crippen LogP contribution in [0.4, 0.5) is 4.39 Å². The molecule has 0 bridgehead atoms. The summed E-state index contributed by atoms with van der Waals surface area (Å²) in [6.07, 6.45) is 0.663. The van der Waals surface area contributed by atoms with Gasteiger partial charge in [0.05, 0.1) is 7.11 Å². The summed E-state index contributed by atoms with van der Waals surface area (Å²) in [6.45, 7) is 0. The number of carbonyl (C=O) groups is 1. The van der Waals surface area contributed by atoms with Gasteiger partial charge in [0.25, 0.3) is 0 Å². The Morgan fingerprint density at radius 3 is 2.79 bits per heavy atom. The number of halogens is 2. The van der Waals surface area contributed by atoms with Gasteiger partial charge in [-0.2, -0.15) is 0 Å². The summed E-state index contributed by atoms with van der Waals surface area (Å²) in [5.74, 6) is -0.224. The van der Waals surface area contributed by atoms with Gasteiger partial charge in [-0.15, -0.1) is 0 Å². The largest absolute Gasteiger partial charge is 0.494 e. The molecular weight excluding hydrogens is 207 g/mol. The number of carbonyl (C=O) groups excluding carboxylic acids is 1. The van der Waals surface area contributed by atoms with Crippen LogP contribution in [0.25, 0.3) is 0 Å². The Balaban J connectivity index is 2.71. The van der Waals surface area contributed by atoms with Gasteiger partial charge in [0.2, 0.25) is 5.24 Å². The van der Waals surface area contributed by atoms with Crippen molar-refractivity contribution in [2.24, 2.45) is 0 Å². The maximum Gasteiger partial charge on any atom is 0.221 e. The predicted molar refractivity (Wildman–Crippen MR) is 52.1 cm³/mol. The molecule has 0 spiro atoms. The molecule has 0 aliphatic carbocycles. The fourth-order valence-electron chi connectivity index (χ4n) is 1.11. The van der Waals surface area contributed by atoms with E-state index >= 15 is 0 Å². The molecule has 76 valence electrons. The molecule has 1 aromatic rings. The third kappa shape index (κ3) is 3.00. The average molecular weight is 217 g/mol. The highest BCUT2D eigenvalue weighted by molar-refractivity contribution is 6.63. The molecule has 0 saturated carbocycles. The summed E-state index contributed by atoms with van der Waals surface area (Å²) in [5.41, 5.74) is 0.734. The van der Waals surface area contributed by atoms with E-state index in [0.717, 1.165) is 5.56 Å². The molecule has 0 aliphatic heterocycles. The maximum absolute atomic E-state index is 13.1. The van der Waals surface area contributed by atoms with Crippen LogP contribution < -0.4 is 4.74 Å². The van der Waals surface area contributed by atoms with Crippen LogP contribution in [0.1, 0.15) is 12.0 Å². The monoisotopic (exact) mass is 216 g/mol. The Bertz CT molecular complexity index is 339. The Morgan fingerprint density at radius 2 is 2.29 bits per heavy atom. The van der Waals surface area contributed by atoms with E-state index in [4.69, 9.17) is 16.3 Å². The van der Waals surface area contributed by atoms with Crippen molar-refractivity contribution in [2.45, 2.75) is 12.8 Å². The number of benzene rings is 1. The molecule has 0 amide bonds. The molecule has 0 N–H and O–H groups in total. The summed E-state index contributed by atoms with van der Waals surface area (Å²) < 4.78 is 17.9. The van der Waals surface area contributed by atoms with Crippen LogP contribution in [0.15, 0.2) is 18.2 Å². The Kier molecular flexibility index (Phi) is 3.89. The summed E-state index contributed by atoms with van der Waals surface area (Å²) in [6, 6.07) is 4.59. The Hall–Kier alpha value is -1.09. The number of hydrogen-bond acceptors (Lipinski definition) is 2. The van der Waals surface area contributed by atoms with Crippen molar-refractivity contribution in [3.8, 4) is 5.75 Å². The number of ether oxygens (including phenoxy) is 1. The minimum absolute atomic E-state index is 0.200. The van der Waals surface area contributed by atoms with E-state index in [-0.39, 0.29) is 12.2 Å². The lowest BCUT2D eigenvalue weighted by molar-refractivity contribution is -0.111. The summed E-state index contributed by atoms with van der Waals surface area (Å²) in [7, 11) is 1.40. The van der Waals surface area contributed by atoms with Crippen LogP contribution in [0.3, 0.4) is 0 Å². The molecule has 0 aromatic heterocycles. The lowest BCUT2D eigenvalue weighted by Gasteiger charge is -2.03. The highest BCUT2D eigenvalue weighted by Gasteiger charge is 2.04. The van der Waals surface area contributed by atoms with E-state index in [2.05, 4.69) is 0 Å². The molecule has 1 aromatic carbocycles. The molecule has 4 heteroatoms. The molecule has 0 heterocycles. The fraction of sp³-hybridized carbons (Fsp3) is 0.300. The molecule has 2 nitrogen and oxygen atoms in total. The van der Waals surface area contributed by atoms with Crippen LogP contribution in [-0.2, 0) is 11.2 Å². The highest BCUT2D eigenvalue weighted by Crippen LogP contribution is 2.18. The van der Waals surface area contributed by atoms with Crippen molar-refractivity contribution in [1.29, 1.82) is 0 Å². The summed E-state index contributed by atoms with van der Waals surface area (Å²) >= 11 is 5.17. The van der Waals surface area contributed by atoms with Crippen molar-refractivity contribution in [3.63, 3.8) is 0 Å². The normalized spacial score (nSPS) is 9.93. The molecule has 14 heavy (non-hydrogen) atoms.